The average Bonchev–Trinajstić information content (AvgIpc) is 3.42. The Labute approximate surface area is 135 Å². The van der Waals surface area contributed by atoms with Gasteiger partial charge >= 0.3 is 0 Å². The molecule has 0 unspecified atom stereocenters. The lowest BCUT2D eigenvalue weighted by atomic mass is 10.1. The molecule has 1 aromatic heterocycles. The van der Waals surface area contributed by atoms with Crippen LogP contribution in [0.25, 0.3) is 11.3 Å². The maximum Gasteiger partial charge on any atom is 0.134 e. The van der Waals surface area contributed by atoms with Crippen LogP contribution in [0.1, 0.15) is 31.0 Å². The van der Waals surface area contributed by atoms with Crippen LogP contribution in [-0.4, -0.2) is 36.1 Å². The van der Waals surface area contributed by atoms with E-state index in [0.29, 0.717) is 5.92 Å². The molecule has 2 heterocycles. The topological polar surface area (TPSA) is 41.0 Å². The fraction of sp³-hybridized carbons (Fsp3) is 0.444. The van der Waals surface area contributed by atoms with Gasteiger partial charge in [-0.15, -0.1) is 0 Å². The lowest BCUT2D eigenvalue weighted by Gasteiger charge is -2.22. The van der Waals surface area contributed by atoms with E-state index in [1.807, 2.05) is 6.07 Å². The lowest BCUT2D eigenvalue weighted by Crippen LogP contribution is -2.29. The largest absolute Gasteiger partial charge is 0.355 e. The van der Waals surface area contributed by atoms with E-state index in [4.69, 9.17) is 9.97 Å². The van der Waals surface area contributed by atoms with Gasteiger partial charge in [0.25, 0.3) is 0 Å². The third-order valence-corrected chi connectivity index (χ3v) is 4.48. The van der Waals surface area contributed by atoms with Gasteiger partial charge in [0.05, 0.1) is 5.69 Å². The molecule has 0 bridgehead atoms. The van der Waals surface area contributed by atoms with Gasteiger partial charge in [-0.25, -0.2) is 14.4 Å². The van der Waals surface area contributed by atoms with Crippen LogP contribution >= 0.6 is 0 Å². The minimum atomic E-state index is -0.218. The highest BCUT2D eigenvalue weighted by Crippen LogP contribution is 2.39. The molecule has 2 fully saturated rings. The van der Waals surface area contributed by atoms with Gasteiger partial charge in [-0.3, -0.25) is 0 Å². The molecule has 2 aliphatic rings. The Kier molecular flexibility index (Phi) is 3.95. The SMILES string of the molecule is Fc1ccc(-c2cc(N3CCCNCC3)nc(C3CC3)n2)cc1. The number of hydrogen-bond acceptors (Lipinski definition) is 4. The van der Waals surface area contributed by atoms with E-state index >= 15 is 0 Å². The van der Waals surface area contributed by atoms with Gasteiger partial charge in [-0.2, -0.15) is 0 Å². The van der Waals surface area contributed by atoms with Crippen molar-refractivity contribution in [2.24, 2.45) is 0 Å². The Morgan fingerprint density at radius 2 is 1.87 bits per heavy atom. The van der Waals surface area contributed by atoms with Gasteiger partial charge in [0.2, 0.25) is 0 Å². The molecule has 0 radical (unpaired) electrons. The number of aromatic nitrogens is 2. The zero-order valence-electron chi connectivity index (χ0n) is 13.1. The van der Waals surface area contributed by atoms with Crippen molar-refractivity contribution in [2.75, 3.05) is 31.1 Å². The second-order valence-corrected chi connectivity index (χ2v) is 6.34. The Morgan fingerprint density at radius 1 is 1.04 bits per heavy atom. The summed E-state index contributed by atoms with van der Waals surface area (Å²) in [4.78, 5) is 11.9. The van der Waals surface area contributed by atoms with Crippen LogP contribution in [0.3, 0.4) is 0 Å². The van der Waals surface area contributed by atoms with Crippen molar-refractivity contribution in [3.8, 4) is 11.3 Å². The molecule has 0 spiro atoms. The van der Waals surface area contributed by atoms with Gasteiger partial charge < -0.3 is 10.2 Å². The highest BCUT2D eigenvalue weighted by atomic mass is 19.1. The molecule has 5 heteroatoms. The molecule has 4 rings (SSSR count). The summed E-state index contributed by atoms with van der Waals surface area (Å²) in [5.41, 5.74) is 1.85. The summed E-state index contributed by atoms with van der Waals surface area (Å²) in [6.07, 6.45) is 3.47. The summed E-state index contributed by atoms with van der Waals surface area (Å²) >= 11 is 0. The Hall–Kier alpha value is -2.01. The van der Waals surface area contributed by atoms with E-state index < -0.39 is 0 Å². The molecule has 1 aliphatic heterocycles. The number of anilines is 1. The predicted octanol–water partition coefficient (Wildman–Crippen LogP) is 2.96. The molecule has 0 atom stereocenters. The van der Waals surface area contributed by atoms with Crippen LogP contribution in [0.2, 0.25) is 0 Å². The van der Waals surface area contributed by atoms with E-state index in [9.17, 15) is 4.39 Å². The van der Waals surface area contributed by atoms with Gasteiger partial charge in [-0.1, -0.05) is 0 Å². The lowest BCUT2D eigenvalue weighted by molar-refractivity contribution is 0.628. The minimum absolute atomic E-state index is 0.218. The molecule has 1 N–H and O–H groups in total. The number of benzene rings is 1. The van der Waals surface area contributed by atoms with E-state index in [2.05, 4.69) is 10.2 Å². The van der Waals surface area contributed by atoms with E-state index in [1.165, 1.54) is 25.0 Å². The average molecular weight is 312 g/mol. The van der Waals surface area contributed by atoms with Crippen molar-refractivity contribution >= 4 is 5.82 Å². The van der Waals surface area contributed by atoms with Crippen LogP contribution in [0.4, 0.5) is 10.2 Å². The van der Waals surface area contributed by atoms with Crippen LogP contribution in [0.5, 0.6) is 0 Å². The third-order valence-electron chi connectivity index (χ3n) is 4.48. The van der Waals surface area contributed by atoms with Crippen molar-refractivity contribution < 1.29 is 4.39 Å². The molecule has 1 aliphatic carbocycles. The minimum Gasteiger partial charge on any atom is -0.355 e. The van der Waals surface area contributed by atoms with E-state index in [1.54, 1.807) is 12.1 Å². The highest BCUT2D eigenvalue weighted by Gasteiger charge is 2.28. The van der Waals surface area contributed by atoms with Crippen LogP contribution in [0.15, 0.2) is 30.3 Å². The Bertz CT molecular complexity index is 674. The molecule has 23 heavy (non-hydrogen) atoms. The van der Waals surface area contributed by atoms with Crippen LogP contribution in [0, 0.1) is 5.82 Å². The first-order chi connectivity index (χ1) is 11.3. The quantitative estimate of drug-likeness (QED) is 0.946. The molecular formula is C18H21FN4. The maximum atomic E-state index is 13.2. The molecule has 1 saturated heterocycles. The highest BCUT2D eigenvalue weighted by molar-refractivity contribution is 5.63. The number of nitrogens with one attached hydrogen (secondary N) is 1. The number of rotatable bonds is 3. The fourth-order valence-corrected chi connectivity index (χ4v) is 2.98. The molecule has 1 saturated carbocycles. The standard InChI is InChI=1S/C18H21FN4/c19-15-6-4-13(5-7-15)16-12-17(22-18(21-16)14-2-3-14)23-10-1-8-20-9-11-23/h4-7,12,14,20H,1-3,8-11H2. The van der Waals surface area contributed by atoms with E-state index in [0.717, 1.165) is 55.5 Å². The molecular weight excluding hydrogens is 291 g/mol. The van der Waals surface area contributed by atoms with Crippen LogP contribution in [-0.2, 0) is 0 Å². The van der Waals surface area contributed by atoms with E-state index in [-0.39, 0.29) is 5.82 Å². The van der Waals surface area contributed by atoms with Crippen molar-refractivity contribution in [3.63, 3.8) is 0 Å². The number of nitrogens with zero attached hydrogens (tertiary/aromatic N) is 3. The summed E-state index contributed by atoms with van der Waals surface area (Å²) < 4.78 is 13.2. The first kappa shape index (κ1) is 14.6. The summed E-state index contributed by atoms with van der Waals surface area (Å²) in [6, 6.07) is 8.61. The zero-order valence-corrected chi connectivity index (χ0v) is 13.1. The van der Waals surface area contributed by atoms with Crippen molar-refractivity contribution in [1.29, 1.82) is 0 Å². The summed E-state index contributed by atoms with van der Waals surface area (Å²) in [7, 11) is 0. The van der Waals surface area contributed by atoms with Crippen molar-refractivity contribution in [1.82, 2.24) is 15.3 Å². The molecule has 1 aromatic carbocycles. The van der Waals surface area contributed by atoms with Crippen molar-refractivity contribution in [2.45, 2.75) is 25.2 Å². The first-order valence-electron chi connectivity index (χ1n) is 8.40. The second kappa shape index (κ2) is 6.24. The van der Waals surface area contributed by atoms with Crippen molar-refractivity contribution in [3.05, 3.63) is 42.0 Å². The predicted molar refractivity (Wildman–Crippen MR) is 89.1 cm³/mol. The third kappa shape index (κ3) is 3.34. The molecule has 4 nitrogen and oxygen atoms in total. The number of hydrogen-bond donors (Lipinski definition) is 1. The van der Waals surface area contributed by atoms with Gasteiger partial charge in [0.15, 0.2) is 0 Å². The summed E-state index contributed by atoms with van der Waals surface area (Å²) in [5.74, 6) is 2.23. The maximum absolute atomic E-state index is 13.2. The summed E-state index contributed by atoms with van der Waals surface area (Å²) in [6.45, 7) is 4.01. The normalized spacial score (nSPS) is 18.7. The second-order valence-electron chi connectivity index (χ2n) is 6.34. The fourth-order valence-electron chi connectivity index (χ4n) is 2.98. The monoisotopic (exact) mass is 312 g/mol. The Morgan fingerprint density at radius 3 is 2.65 bits per heavy atom. The molecule has 2 aromatic rings. The van der Waals surface area contributed by atoms with Crippen LogP contribution < -0.4 is 10.2 Å². The zero-order chi connectivity index (χ0) is 15.6. The Balaban J connectivity index is 1.71. The van der Waals surface area contributed by atoms with Gasteiger partial charge in [-0.05, 0) is 50.1 Å². The summed E-state index contributed by atoms with van der Waals surface area (Å²) in [5, 5.41) is 3.42. The van der Waals surface area contributed by atoms with Gasteiger partial charge in [0, 0.05) is 37.2 Å². The molecule has 0 amide bonds. The smallest absolute Gasteiger partial charge is 0.134 e. The first-order valence-corrected chi connectivity index (χ1v) is 8.40. The van der Waals surface area contributed by atoms with Gasteiger partial charge in [0.1, 0.15) is 17.5 Å². The molecule has 120 valence electrons. The number of halogens is 1.